The Balaban J connectivity index is 1.32. The normalized spacial score (nSPS) is 27.3. The van der Waals surface area contributed by atoms with Crippen LogP contribution in [0.2, 0.25) is 5.02 Å². The van der Waals surface area contributed by atoms with E-state index in [4.69, 9.17) is 16.6 Å². The van der Waals surface area contributed by atoms with Crippen molar-refractivity contribution in [3.8, 4) is 0 Å². The summed E-state index contributed by atoms with van der Waals surface area (Å²) in [4.78, 5) is 23.4. The quantitative estimate of drug-likeness (QED) is 0.377. The first-order valence-corrected chi connectivity index (χ1v) is 16.7. The first-order chi connectivity index (χ1) is 20.6. The molecule has 2 unspecified atom stereocenters. The number of carbonyl (C=O) groups is 1. The van der Waals surface area contributed by atoms with Gasteiger partial charge in [-0.25, -0.2) is 27.2 Å². The van der Waals surface area contributed by atoms with Crippen molar-refractivity contribution in [2.24, 2.45) is 16.8 Å². The standard InChI is InChI=1S/C28H26ClF3N6O3S2/c29-20-11-16(30)3-4-19(20)24-23(21-5-7-38(35-21)28(31)32)22-12-17(13-37(22)26(34-24)27-33-6-8-42-27)36-43(40,41)25-14-1-2-15(25)10-18(39)9-14/h3-8,11,14-15,17,24-25,28,36H,1-2,9-10,12-13H2/t14-,15?,17-,24-,25?/m0/s1. The Labute approximate surface area is 254 Å². The van der Waals surface area contributed by atoms with Crippen LogP contribution >= 0.6 is 22.9 Å². The van der Waals surface area contributed by atoms with E-state index in [1.54, 1.807) is 11.6 Å². The lowest BCUT2D eigenvalue weighted by atomic mass is 9.88. The van der Waals surface area contributed by atoms with Gasteiger partial charge in [0.2, 0.25) is 10.0 Å². The van der Waals surface area contributed by atoms with Crippen molar-refractivity contribution in [2.75, 3.05) is 6.54 Å². The number of nitrogens with zero attached hydrogens (tertiary/aromatic N) is 5. The number of amidine groups is 1. The van der Waals surface area contributed by atoms with Gasteiger partial charge in [-0.15, -0.1) is 11.3 Å². The fourth-order valence-electron chi connectivity index (χ4n) is 7.10. The number of hydrogen-bond donors (Lipinski definition) is 1. The van der Waals surface area contributed by atoms with Gasteiger partial charge in [0.25, 0.3) is 0 Å². The number of hydrogen-bond acceptors (Lipinski definition) is 8. The summed E-state index contributed by atoms with van der Waals surface area (Å²) in [6.45, 7) is -2.65. The molecule has 0 amide bonds. The second-order valence-corrected chi connectivity index (χ2v) is 14.5. The van der Waals surface area contributed by atoms with E-state index in [1.165, 1.54) is 29.5 Å². The molecule has 1 saturated heterocycles. The summed E-state index contributed by atoms with van der Waals surface area (Å²) in [5, 5.41) is 5.96. The maximum atomic E-state index is 14.1. The van der Waals surface area contributed by atoms with Gasteiger partial charge in [-0.1, -0.05) is 17.7 Å². The molecule has 3 fully saturated rings. The van der Waals surface area contributed by atoms with Crippen LogP contribution in [-0.4, -0.2) is 57.5 Å². The van der Waals surface area contributed by atoms with E-state index in [0.717, 1.165) is 12.3 Å². The van der Waals surface area contributed by atoms with Crippen LogP contribution in [0.1, 0.15) is 61.0 Å². The number of aliphatic imine (C=N–C) groups is 1. The molecule has 15 heteroatoms. The first kappa shape index (κ1) is 28.7. The largest absolute Gasteiger partial charge is 0.333 e. The summed E-state index contributed by atoms with van der Waals surface area (Å²) in [6.07, 6.45) is 4.99. The van der Waals surface area contributed by atoms with Crippen molar-refractivity contribution < 1.29 is 26.4 Å². The van der Waals surface area contributed by atoms with Crippen LogP contribution in [0, 0.1) is 17.7 Å². The van der Waals surface area contributed by atoms with E-state index >= 15 is 0 Å². The molecule has 226 valence electrons. The Morgan fingerprint density at radius 3 is 2.53 bits per heavy atom. The molecule has 2 bridgehead atoms. The summed E-state index contributed by atoms with van der Waals surface area (Å²) < 4.78 is 72.2. The first-order valence-electron chi connectivity index (χ1n) is 13.9. The van der Waals surface area contributed by atoms with E-state index in [1.807, 2.05) is 4.90 Å². The molecule has 2 aliphatic carbocycles. The minimum Gasteiger partial charge on any atom is -0.326 e. The highest BCUT2D eigenvalue weighted by Crippen LogP contribution is 2.48. The van der Waals surface area contributed by atoms with Crippen molar-refractivity contribution in [3.63, 3.8) is 0 Å². The zero-order valence-electron chi connectivity index (χ0n) is 22.5. The lowest BCUT2D eigenvalue weighted by Crippen LogP contribution is -2.48. The Kier molecular flexibility index (Phi) is 7.22. The SMILES string of the molecule is O=C1CC2CC[C@@H](C1)C2S(=O)(=O)N[C@H]1CC2=C(c3ccn(C(F)F)n3)[C@H](c3ccc(F)cc3Cl)N=C(c3nccs3)N2C1. The molecule has 2 saturated carbocycles. The van der Waals surface area contributed by atoms with Crippen molar-refractivity contribution in [1.29, 1.82) is 0 Å². The Morgan fingerprint density at radius 1 is 1.12 bits per heavy atom. The van der Waals surface area contributed by atoms with E-state index < -0.39 is 39.7 Å². The summed E-state index contributed by atoms with van der Waals surface area (Å²) in [5.74, 6) is -0.348. The van der Waals surface area contributed by atoms with Crippen LogP contribution in [0.4, 0.5) is 13.2 Å². The van der Waals surface area contributed by atoms with Gasteiger partial charge in [-0.05, 0) is 42.9 Å². The van der Waals surface area contributed by atoms with E-state index in [2.05, 4.69) is 14.8 Å². The summed E-state index contributed by atoms with van der Waals surface area (Å²) in [6, 6.07) is 3.94. The highest BCUT2D eigenvalue weighted by Gasteiger charge is 2.50. The third-order valence-corrected chi connectivity index (χ3v) is 12.0. The second-order valence-electron chi connectivity index (χ2n) is 11.4. The molecule has 0 radical (unpaired) electrons. The molecule has 0 spiro atoms. The smallest absolute Gasteiger partial charge is 0.326 e. The van der Waals surface area contributed by atoms with Gasteiger partial charge in [0.05, 0.1) is 10.9 Å². The topological polar surface area (TPSA) is 110 Å². The molecule has 7 rings (SSSR count). The highest BCUT2D eigenvalue weighted by molar-refractivity contribution is 7.90. The van der Waals surface area contributed by atoms with E-state index in [-0.39, 0.29) is 54.1 Å². The minimum atomic E-state index is -3.79. The Bertz CT molecular complexity index is 1740. The molecule has 5 atom stereocenters. The van der Waals surface area contributed by atoms with Gasteiger partial charge in [0, 0.05) is 71.5 Å². The van der Waals surface area contributed by atoms with E-state index in [9.17, 15) is 26.4 Å². The van der Waals surface area contributed by atoms with Crippen molar-refractivity contribution >= 4 is 50.2 Å². The van der Waals surface area contributed by atoms with Crippen LogP contribution < -0.4 is 4.72 Å². The zero-order chi connectivity index (χ0) is 30.0. The summed E-state index contributed by atoms with van der Waals surface area (Å²) >= 11 is 7.86. The molecule has 9 nitrogen and oxygen atoms in total. The zero-order valence-corrected chi connectivity index (χ0v) is 24.9. The lowest BCUT2D eigenvalue weighted by molar-refractivity contribution is -0.121. The minimum absolute atomic E-state index is 0.102. The van der Waals surface area contributed by atoms with Crippen LogP contribution in [0.25, 0.3) is 5.57 Å². The number of aromatic nitrogens is 3. The summed E-state index contributed by atoms with van der Waals surface area (Å²) in [7, 11) is -3.79. The third-order valence-electron chi connectivity index (χ3n) is 8.73. The number of ketones is 1. The number of rotatable bonds is 7. The van der Waals surface area contributed by atoms with E-state index in [0.29, 0.717) is 45.2 Å². The fraction of sp³-hybridized carbons (Fsp3) is 0.429. The monoisotopic (exact) mass is 650 g/mol. The lowest BCUT2D eigenvalue weighted by Gasteiger charge is -2.32. The van der Waals surface area contributed by atoms with Crippen molar-refractivity contribution in [1.82, 2.24) is 24.4 Å². The predicted octanol–water partition coefficient (Wildman–Crippen LogP) is 5.19. The molecule has 2 aliphatic heterocycles. The molecule has 1 N–H and O–H groups in total. The number of thiazole rings is 1. The van der Waals surface area contributed by atoms with Gasteiger partial charge in [0.1, 0.15) is 17.6 Å². The maximum Gasteiger partial charge on any atom is 0.333 e. The van der Waals surface area contributed by atoms with Crippen LogP contribution in [0.15, 0.2) is 52.7 Å². The molecular weight excluding hydrogens is 625 g/mol. The van der Waals surface area contributed by atoms with Crippen LogP contribution in [-0.2, 0) is 14.8 Å². The highest BCUT2D eigenvalue weighted by atomic mass is 35.5. The molecule has 4 heterocycles. The number of halogens is 4. The number of sulfonamides is 1. The average Bonchev–Trinajstić information content (AvgIpc) is 3.74. The summed E-state index contributed by atoms with van der Waals surface area (Å²) in [5.41, 5.74) is 1.77. The van der Waals surface area contributed by atoms with Crippen LogP contribution in [0.3, 0.4) is 0 Å². The second kappa shape index (κ2) is 10.8. The van der Waals surface area contributed by atoms with Crippen molar-refractivity contribution in [2.45, 2.75) is 56.0 Å². The number of alkyl halides is 2. The number of benzene rings is 1. The van der Waals surface area contributed by atoms with Gasteiger partial charge < -0.3 is 4.90 Å². The predicted molar refractivity (Wildman–Crippen MR) is 155 cm³/mol. The molecule has 43 heavy (non-hydrogen) atoms. The maximum absolute atomic E-state index is 14.1. The molecule has 3 aromatic rings. The number of carbonyl (C=O) groups excluding carboxylic acids is 1. The number of nitrogens with one attached hydrogen (secondary N) is 1. The molecule has 1 aromatic carbocycles. The van der Waals surface area contributed by atoms with Crippen molar-refractivity contribution in [3.05, 3.63) is 74.8 Å². The molecule has 4 aliphatic rings. The van der Waals surface area contributed by atoms with Crippen LogP contribution in [0.5, 0.6) is 0 Å². The number of Topliss-reactive ketones (excluding diaryl/α,β-unsaturated/α-hetero) is 1. The molecule has 2 aromatic heterocycles. The Morgan fingerprint density at radius 2 is 1.88 bits per heavy atom. The Hall–Kier alpha value is -3.07. The van der Waals surface area contributed by atoms with Gasteiger partial charge >= 0.3 is 6.55 Å². The van der Waals surface area contributed by atoms with Gasteiger partial charge in [-0.2, -0.15) is 13.9 Å². The number of fused-ring (bicyclic) bond motifs is 3. The fourth-order valence-corrected chi connectivity index (χ4v) is 10.3. The average molecular weight is 651 g/mol. The molecular formula is C28H26ClF3N6O3S2. The third kappa shape index (κ3) is 5.11. The van der Waals surface area contributed by atoms with Gasteiger partial charge in [-0.3, -0.25) is 9.79 Å². The van der Waals surface area contributed by atoms with Gasteiger partial charge in [0.15, 0.2) is 10.8 Å².